The molecule has 4 rings (SSSR count). The van der Waals surface area contributed by atoms with Gasteiger partial charge in [-0.15, -0.1) is 13.2 Å². The van der Waals surface area contributed by atoms with E-state index in [1.165, 1.54) is 24.3 Å². The van der Waals surface area contributed by atoms with E-state index in [0.717, 1.165) is 24.8 Å². The monoisotopic (exact) mass is 475 g/mol. The van der Waals surface area contributed by atoms with Crippen LogP contribution in [0.3, 0.4) is 0 Å². The molecule has 1 aliphatic rings. The number of nitrogens with zero attached hydrogens (tertiary/aromatic N) is 2. The number of carboxylic acids is 1. The van der Waals surface area contributed by atoms with Crippen LogP contribution in [0.5, 0.6) is 5.75 Å². The Hall–Kier alpha value is -3.23. The zero-order chi connectivity index (χ0) is 24.8. The molecule has 2 atom stereocenters. The molecule has 34 heavy (non-hydrogen) atoms. The molecule has 6 nitrogen and oxygen atoms in total. The molecule has 0 spiro atoms. The first kappa shape index (κ1) is 23.9. The lowest BCUT2D eigenvalue weighted by Gasteiger charge is -2.40. The van der Waals surface area contributed by atoms with E-state index in [4.69, 9.17) is 4.98 Å². The van der Waals surface area contributed by atoms with Gasteiger partial charge >= 0.3 is 12.3 Å². The number of aromatic nitrogens is 2. The van der Waals surface area contributed by atoms with E-state index in [-0.39, 0.29) is 22.8 Å². The number of fused-ring (bicyclic) bond motifs is 1. The molecule has 0 aliphatic heterocycles. The number of hydrogen-bond donors (Lipinski definition) is 2. The van der Waals surface area contributed by atoms with E-state index in [9.17, 15) is 23.1 Å². The van der Waals surface area contributed by atoms with Crippen molar-refractivity contribution in [1.29, 1.82) is 0 Å². The fourth-order valence-corrected chi connectivity index (χ4v) is 5.35. The Kier molecular flexibility index (Phi) is 5.99. The quantitative estimate of drug-likeness (QED) is 0.413. The molecule has 2 aromatic carbocycles. The van der Waals surface area contributed by atoms with Crippen LogP contribution < -0.4 is 10.1 Å². The number of rotatable bonds is 5. The van der Waals surface area contributed by atoms with E-state index < -0.39 is 12.3 Å². The Labute approximate surface area is 195 Å². The molecule has 3 aromatic rings. The number of aromatic carboxylic acids is 1. The first-order valence-corrected chi connectivity index (χ1v) is 11.2. The van der Waals surface area contributed by atoms with Gasteiger partial charge in [0.05, 0.1) is 16.6 Å². The van der Waals surface area contributed by atoms with Crippen molar-refractivity contribution < 1.29 is 27.8 Å². The molecule has 0 bridgehead atoms. The predicted octanol–water partition coefficient (Wildman–Crippen LogP) is 7.07. The number of benzene rings is 2. The maximum absolute atomic E-state index is 12.5. The average molecular weight is 476 g/mol. The number of anilines is 2. The Morgan fingerprint density at radius 3 is 2.44 bits per heavy atom. The van der Waals surface area contributed by atoms with Gasteiger partial charge in [-0.05, 0) is 79.5 Å². The molecule has 1 unspecified atom stereocenters. The second-order valence-corrected chi connectivity index (χ2v) is 9.98. The van der Waals surface area contributed by atoms with Crippen LogP contribution in [-0.4, -0.2) is 27.0 Å². The van der Waals surface area contributed by atoms with Gasteiger partial charge in [0.2, 0.25) is 5.95 Å². The molecule has 1 aromatic heterocycles. The molecular weight excluding hydrogens is 447 g/mol. The number of carbonyl (C=O) groups is 1. The summed E-state index contributed by atoms with van der Waals surface area (Å²) in [5, 5.41) is 12.8. The number of ether oxygens (including phenoxy) is 1. The summed E-state index contributed by atoms with van der Waals surface area (Å²) >= 11 is 0. The summed E-state index contributed by atoms with van der Waals surface area (Å²) in [4.78, 5) is 16.4. The van der Waals surface area contributed by atoms with Crippen molar-refractivity contribution in [2.45, 2.75) is 59.4 Å². The highest BCUT2D eigenvalue weighted by Crippen LogP contribution is 2.46. The third kappa shape index (κ3) is 4.98. The smallest absolute Gasteiger partial charge is 0.478 e. The van der Waals surface area contributed by atoms with Crippen LogP contribution in [0.15, 0.2) is 36.4 Å². The van der Waals surface area contributed by atoms with Crippen LogP contribution >= 0.6 is 0 Å². The number of hydrogen-bond acceptors (Lipinski definition) is 4. The fraction of sp³-hybridized carbons (Fsp3) is 0.440. The van der Waals surface area contributed by atoms with Gasteiger partial charge in [0.1, 0.15) is 5.75 Å². The summed E-state index contributed by atoms with van der Waals surface area (Å²) < 4.78 is 43.6. The number of halogens is 3. The minimum absolute atomic E-state index is 0.128. The van der Waals surface area contributed by atoms with Crippen LogP contribution in [-0.2, 0) is 0 Å². The van der Waals surface area contributed by atoms with Gasteiger partial charge in [-0.25, -0.2) is 9.78 Å². The Bertz CT molecular complexity index is 1220. The largest absolute Gasteiger partial charge is 0.573 e. The number of nitrogens with one attached hydrogen (secondary N) is 1. The van der Waals surface area contributed by atoms with Crippen LogP contribution in [0.4, 0.5) is 24.8 Å². The maximum Gasteiger partial charge on any atom is 0.573 e. The van der Waals surface area contributed by atoms with Crippen molar-refractivity contribution in [1.82, 2.24) is 9.55 Å². The van der Waals surface area contributed by atoms with Gasteiger partial charge in [-0.3, -0.25) is 0 Å². The van der Waals surface area contributed by atoms with Crippen molar-refractivity contribution in [2.24, 2.45) is 11.3 Å². The van der Waals surface area contributed by atoms with E-state index in [2.05, 4.69) is 35.4 Å². The van der Waals surface area contributed by atoms with Gasteiger partial charge in [-0.1, -0.05) is 20.8 Å². The third-order valence-electron chi connectivity index (χ3n) is 6.42. The van der Waals surface area contributed by atoms with E-state index >= 15 is 0 Å². The van der Waals surface area contributed by atoms with Crippen molar-refractivity contribution >= 4 is 28.6 Å². The Balaban J connectivity index is 1.78. The van der Waals surface area contributed by atoms with E-state index in [1.54, 1.807) is 19.1 Å². The lowest BCUT2D eigenvalue weighted by molar-refractivity contribution is -0.274. The molecule has 1 saturated carbocycles. The Morgan fingerprint density at radius 2 is 1.85 bits per heavy atom. The van der Waals surface area contributed by atoms with Crippen LogP contribution in [0.25, 0.3) is 11.0 Å². The maximum atomic E-state index is 12.5. The summed E-state index contributed by atoms with van der Waals surface area (Å²) in [6, 6.07) is 8.99. The topological polar surface area (TPSA) is 76.4 Å². The van der Waals surface area contributed by atoms with Gasteiger partial charge in [0, 0.05) is 11.7 Å². The molecule has 1 fully saturated rings. The van der Waals surface area contributed by atoms with E-state index in [1.807, 2.05) is 0 Å². The molecule has 1 heterocycles. The highest BCUT2D eigenvalue weighted by molar-refractivity contribution is 5.96. The van der Waals surface area contributed by atoms with Crippen molar-refractivity contribution in [2.75, 3.05) is 5.32 Å². The number of aryl methyl sites for hydroxylation is 1. The number of alkyl halides is 3. The zero-order valence-electron chi connectivity index (χ0n) is 19.5. The summed E-state index contributed by atoms with van der Waals surface area (Å²) in [5.41, 5.74) is 2.86. The average Bonchev–Trinajstić information content (AvgIpc) is 3.06. The normalized spacial score (nSPS) is 20.3. The standard InChI is InChI=1S/C25H28F3N3O3/c1-14-11-17(13-24(3,4)12-14)31-20-10-9-19(22(32)33)15(2)21(20)30-23(31)29-16-5-7-18(8-6-16)34-25(26,27)28/h5-10,14,17H,11-13H2,1-4H3,(H,29,30)(H,32,33)/t14-,17?/m0/s1. The molecule has 0 saturated heterocycles. The van der Waals surface area contributed by atoms with Gasteiger partial charge in [0.25, 0.3) is 0 Å². The molecule has 1 aliphatic carbocycles. The first-order chi connectivity index (χ1) is 15.8. The van der Waals surface area contributed by atoms with Gasteiger partial charge in [0.15, 0.2) is 0 Å². The lowest BCUT2D eigenvalue weighted by Crippen LogP contribution is -2.29. The highest BCUT2D eigenvalue weighted by Gasteiger charge is 2.35. The van der Waals surface area contributed by atoms with Crippen molar-refractivity contribution in [3.8, 4) is 5.75 Å². The first-order valence-electron chi connectivity index (χ1n) is 11.2. The van der Waals surface area contributed by atoms with Gasteiger partial charge in [-0.2, -0.15) is 0 Å². The summed E-state index contributed by atoms with van der Waals surface area (Å²) in [5.74, 6) is -0.301. The zero-order valence-corrected chi connectivity index (χ0v) is 19.5. The van der Waals surface area contributed by atoms with Crippen molar-refractivity contribution in [3.05, 3.63) is 47.5 Å². The van der Waals surface area contributed by atoms with Crippen LogP contribution in [0.1, 0.15) is 62.0 Å². The molecule has 9 heteroatoms. The van der Waals surface area contributed by atoms with Crippen LogP contribution in [0, 0.1) is 18.3 Å². The SMILES string of the molecule is Cc1c(C(=O)O)ccc2c1nc(Nc1ccc(OC(F)(F)F)cc1)n2C1C[C@H](C)CC(C)(C)C1. The summed E-state index contributed by atoms with van der Waals surface area (Å²) in [6.45, 7) is 8.46. The minimum Gasteiger partial charge on any atom is -0.478 e. The molecule has 0 amide bonds. The lowest BCUT2D eigenvalue weighted by atomic mass is 9.70. The minimum atomic E-state index is -4.76. The number of imidazole rings is 1. The van der Waals surface area contributed by atoms with E-state index in [0.29, 0.717) is 28.6 Å². The number of carboxylic acid groups (broad SMARTS) is 1. The second kappa shape index (κ2) is 8.52. The second-order valence-electron chi connectivity index (χ2n) is 9.98. The summed E-state index contributed by atoms with van der Waals surface area (Å²) in [6.07, 6.45) is -1.77. The van der Waals surface area contributed by atoms with Crippen LogP contribution in [0.2, 0.25) is 0 Å². The van der Waals surface area contributed by atoms with Crippen molar-refractivity contribution in [3.63, 3.8) is 0 Å². The molecule has 2 N–H and O–H groups in total. The molecule has 182 valence electrons. The third-order valence-corrected chi connectivity index (χ3v) is 6.42. The van der Waals surface area contributed by atoms with Gasteiger partial charge < -0.3 is 19.7 Å². The molecular formula is C25H28F3N3O3. The predicted molar refractivity (Wildman–Crippen MR) is 124 cm³/mol. The summed E-state index contributed by atoms with van der Waals surface area (Å²) in [7, 11) is 0. The molecule has 0 radical (unpaired) electrons. The Morgan fingerprint density at radius 1 is 1.18 bits per heavy atom. The highest BCUT2D eigenvalue weighted by atomic mass is 19.4. The fourth-order valence-electron chi connectivity index (χ4n) is 5.35.